The Labute approximate surface area is 134 Å². The van der Waals surface area contributed by atoms with Crippen molar-refractivity contribution in [1.29, 1.82) is 0 Å². The summed E-state index contributed by atoms with van der Waals surface area (Å²) in [5.74, 6) is 0.597. The summed E-state index contributed by atoms with van der Waals surface area (Å²) in [4.78, 5) is 27.6. The van der Waals surface area contributed by atoms with Crippen molar-refractivity contribution in [1.82, 2.24) is 4.90 Å². The van der Waals surface area contributed by atoms with Gasteiger partial charge in [-0.2, -0.15) is 0 Å². The van der Waals surface area contributed by atoms with Crippen LogP contribution in [0.3, 0.4) is 0 Å². The van der Waals surface area contributed by atoms with Gasteiger partial charge in [-0.05, 0) is 31.6 Å². The van der Waals surface area contributed by atoms with Gasteiger partial charge in [0.2, 0.25) is 0 Å². The minimum absolute atomic E-state index is 0.00877. The van der Waals surface area contributed by atoms with Gasteiger partial charge in [0, 0.05) is 18.5 Å². The highest BCUT2D eigenvalue weighted by Crippen LogP contribution is 2.65. The smallest absolute Gasteiger partial charge is 0.313 e. The molecule has 0 radical (unpaired) electrons. The molecule has 1 saturated heterocycles. The Kier molecular flexibility index (Phi) is 4.12. The highest BCUT2D eigenvalue weighted by Gasteiger charge is 2.76. The first-order valence-corrected chi connectivity index (χ1v) is 8.51. The molecule has 0 spiro atoms. The van der Waals surface area contributed by atoms with E-state index in [4.69, 9.17) is 4.74 Å². The first-order valence-electron chi connectivity index (χ1n) is 8.51. The molecular weight excluding hydrogens is 278 g/mol. The van der Waals surface area contributed by atoms with Crippen molar-refractivity contribution < 1.29 is 14.3 Å². The summed E-state index contributed by atoms with van der Waals surface area (Å²) >= 11 is 0. The van der Waals surface area contributed by atoms with Gasteiger partial charge in [-0.3, -0.25) is 9.59 Å². The fourth-order valence-electron chi connectivity index (χ4n) is 4.10. The predicted octanol–water partition coefficient (Wildman–Crippen LogP) is 3.25. The Bertz CT molecular complexity index is 473. The number of esters is 1. The van der Waals surface area contributed by atoms with Crippen LogP contribution in [0.1, 0.15) is 61.3 Å². The molecule has 1 aliphatic heterocycles. The van der Waals surface area contributed by atoms with E-state index in [2.05, 4.69) is 27.7 Å². The summed E-state index contributed by atoms with van der Waals surface area (Å²) in [6, 6.07) is 0. The van der Waals surface area contributed by atoms with Crippen LogP contribution in [-0.4, -0.2) is 35.5 Å². The lowest BCUT2D eigenvalue weighted by atomic mass is 9.66. The van der Waals surface area contributed by atoms with Crippen molar-refractivity contribution in [2.24, 2.45) is 22.7 Å². The number of rotatable bonds is 5. The lowest BCUT2D eigenvalue weighted by Gasteiger charge is -2.40. The third-order valence-corrected chi connectivity index (χ3v) is 5.89. The fourth-order valence-corrected chi connectivity index (χ4v) is 4.10. The summed E-state index contributed by atoms with van der Waals surface area (Å²) in [6.45, 7) is 15.9. The zero-order valence-corrected chi connectivity index (χ0v) is 15.2. The summed E-state index contributed by atoms with van der Waals surface area (Å²) in [6.07, 6.45) is 1.38. The fraction of sp³-hybridized carbons (Fsp3) is 0.889. The molecule has 0 aromatic heterocycles. The van der Waals surface area contributed by atoms with Crippen molar-refractivity contribution >= 4 is 11.9 Å². The second-order valence-electron chi connectivity index (χ2n) is 8.67. The molecule has 0 aromatic rings. The molecule has 2 rings (SSSR count). The average molecular weight is 309 g/mol. The van der Waals surface area contributed by atoms with Gasteiger partial charge in [0.15, 0.2) is 5.60 Å². The van der Waals surface area contributed by atoms with Crippen LogP contribution in [0.4, 0.5) is 0 Å². The van der Waals surface area contributed by atoms with Gasteiger partial charge in [0.05, 0.1) is 5.41 Å². The molecule has 2 atom stereocenters. The van der Waals surface area contributed by atoms with Crippen LogP contribution >= 0.6 is 0 Å². The van der Waals surface area contributed by atoms with Gasteiger partial charge in [0.25, 0.3) is 5.91 Å². The molecule has 1 amide bonds. The lowest BCUT2D eigenvalue weighted by Crippen LogP contribution is -2.56. The van der Waals surface area contributed by atoms with Crippen molar-refractivity contribution in [2.45, 2.75) is 66.9 Å². The molecule has 0 unspecified atom stereocenters. The van der Waals surface area contributed by atoms with E-state index >= 15 is 0 Å². The molecule has 2 bridgehead atoms. The average Bonchev–Trinajstić information content (AvgIpc) is 2.66. The second-order valence-corrected chi connectivity index (χ2v) is 8.67. The number of ether oxygens (including phenoxy) is 1. The molecular formula is C18H31NO3. The maximum atomic E-state index is 13.3. The van der Waals surface area contributed by atoms with Crippen molar-refractivity contribution in [2.75, 3.05) is 13.1 Å². The predicted molar refractivity (Wildman–Crippen MR) is 86.2 cm³/mol. The maximum absolute atomic E-state index is 13.3. The van der Waals surface area contributed by atoms with Crippen molar-refractivity contribution in [3.63, 3.8) is 0 Å². The summed E-state index contributed by atoms with van der Waals surface area (Å²) in [5, 5.41) is 0. The number of amides is 1. The molecule has 22 heavy (non-hydrogen) atoms. The molecule has 2 fully saturated rings. The summed E-state index contributed by atoms with van der Waals surface area (Å²) in [7, 11) is 0. The van der Waals surface area contributed by atoms with Crippen molar-refractivity contribution in [3.05, 3.63) is 0 Å². The number of fused-ring (bicyclic) bond motifs is 2. The van der Waals surface area contributed by atoms with Gasteiger partial charge < -0.3 is 9.64 Å². The molecule has 2 aliphatic rings. The number of carbonyl (C=O) groups is 2. The van der Waals surface area contributed by atoms with Crippen molar-refractivity contribution in [3.8, 4) is 0 Å². The third kappa shape index (κ3) is 2.17. The highest BCUT2D eigenvalue weighted by molar-refractivity contribution is 5.96. The molecule has 4 heteroatoms. The van der Waals surface area contributed by atoms with E-state index in [1.807, 2.05) is 25.7 Å². The van der Waals surface area contributed by atoms with Crippen LogP contribution in [0.15, 0.2) is 0 Å². The Morgan fingerprint density at radius 1 is 1.09 bits per heavy atom. The topological polar surface area (TPSA) is 46.6 Å². The highest BCUT2D eigenvalue weighted by atomic mass is 16.6. The molecule has 126 valence electrons. The quantitative estimate of drug-likeness (QED) is 0.732. The molecule has 1 heterocycles. The monoisotopic (exact) mass is 309 g/mol. The summed E-state index contributed by atoms with van der Waals surface area (Å²) in [5.41, 5.74) is -1.97. The number of hydrogen-bond acceptors (Lipinski definition) is 3. The van der Waals surface area contributed by atoms with Gasteiger partial charge in [0.1, 0.15) is 0 Å². The molecule has 1 saturated carbocycles. The van der Waals surface area contributed by atoms with E-state index in [0.29, 0.717) is 31.3 Å². The van der Waals surface area contributed by atoms with E-state index in [1.54, 1.807) is 0 Å². The maximum Gasteiger partial charge on any atom is 0.313 e. The van der Waals surface area contributed by atoms with Crippen LogP contribution in [0.2, 0.25) is 0 Å². The van der Waals surface area contributed by atoms with Gasteiger partial charge in [-0.1, -0.05) is 41.5 Å². The third-order valence-electron chi connectivity index (χ3n) is 5.89. The van der Waals surface area contributed by atoms with Gasteiger partial charge in [-0.25, -0.2) is 0 Å². The van der Waals surface area contributed by atoms with E-state index in [0.717, 1.165) is 6.42 Å². The summed E-state index contributed by atoms with van der Waals surface area (Å²) < 4.78 is 5.74. The number of carbonyl (C=O) groups excluding carboxylic acids is 2. The van der Waals surface area contributed by atoms with E-state index in [-0.39, 0.29) is 11.9 Å². The second kappa shape index (κ2) is 5.24. The molecule has 4 nitrogen and oxygen atoms in total. The minimum Gasteiger partial charge on any atom is -0.448 e. The van der Waals surface area contributed by atoms with Crippen LogP contribution in [0.25, 0.3) is 0 Å². The van der Waals surface area contributed by atoms with E-state index in [9.17, 15) is 9.59 Å². The van der Waals surface area contributed by atoms with Crippen LogP contribution in [0.5, 0.6) is 0 Å². The SMILES string of the molecule is CC(C)CN(CC(C)C)C(=O)[C@]12CC[C@](C)(C(=O)O1)C2(C)C. The molecule has 1 aliphatic carbocycles. The first kappa shape index (κ1) is 17.3. The van der Waals surface area contributed by atoms with Crippen LogP contribution < -0.4 is 0 Å². The Morgan fingerprint density at radius 3 is 1.91 bits per heavy atom. The normalized spacial score (nSPS) is 32.7. The van der Waals surface area contributed by atoms with E-state index < -0.39 is 16.4 Å². The lowest BCUT2D eigenvalue weighted by molar-refractivity contribution is -0.174. The number of nitrogens with zero attached hydrogens (tertiary/aromatic N) is 1. The molecule has 0 N–H and O–H groups in total. The van der Waals surface area contributed by atoms with Gasteiger partial charge in [-0.15, -0.1) is 0 Å². The minimum atomic E-state index is -0.970. The molecule has 0 aromatic carbocycles. The standard InChI is InChI=1S/C18H31NO3/c1-12(2)10-19(11-13(3)4)14(20)18-9-8-17(7,15(21)22-18)16(18,5)6/h12-13H,8-11H2,1-7H3/t17-,18+/m1/s1. The zero-order chi connectivity index (χ0) is 16.9. The number of hydrogen-bond donors (Lipinski definition) is 0. The Morgan fingerprint density at radius 2 is 1.59 bits per heavy atom. The van der Waals surface area contributed by atoms with Crippen LogP contribution in [-0.2, 0) is 14.3 Å². The Balaban J connectivity index is 2.36. The first-order chi connectivity index (χ1) is 9.98. The van der Waals surface area contributed by atoms with E-state index in [1.165, 1.54) is 0 Å². The van der Waals surface area contributed by atoms with Gasteiger partial charge >= 0.3 is 5.97 Å². The Hall–Kier alpha value is -1.06. The largest absolute Gasteiger partial charge is 0.448 e. The zero-order valence-electron chi connectivity index (χ0n) is 15.2. The van der Waals surface area contributed by atoms with Crippen LogP contribution in [0, 0.1) is 22.7 Å².